The van der Waals surface area contributed by atoms with Crippen LogP contribution in [0.25, 0.3) is 11.0 Å². The molecule has 2 aromatic rings. The molecule has 1 saturated carbocycles. The van der Waals surface area contributed by atoms with Crippen LogP contribution in [0, 0.1) is 11.8 Å². The molecule has 106 valence electrons. The van der Waals surface area contributed by atoms with Crippen molar-refractivity contribution < 1.29 is 4.74 Å². The summed E-state index contributed by atoms with van der Waals surface area (Å²) in [6.45, 7) is 3.22. The van der Waals surface area contributed by atoms with Gasteiger partial charge in [-0.15, -0.1) is 0 Å². The predicted octanol–water partition coefficient (Wildman–Crippen LogP) is 2.42. The molecule has 1 saturated heterocycles. The molecule has 1 aliphatic carbocycles. The van der Waals surface area contributed by atoms with Gasteiger partial charge in [-0.1, -0.05) is 12.1 Å². The lowest BCUT2D eigenvalue weighted by atomic mass is 9.95. The maximum atomic E-state index is 5.67. The molecule has 1 aromatic carbocycles. The molecule has 2 aliphatic rings. The Labute approximate surface area is 119 Å². The number of rotatable bonds is 3. The fourth-order valence-corrected chi connectivity index (χ4v) is 4.08. The van der Waals surface area contributed by atoms with Gasteiger partial charge in [-0.05, 0) is 36.8 Å². The van der Waals surface area contributed by atoms with Gasteiger partial charge in [0.1, 0.15) is 5.82 Å². The Morgan fingerprint density at radius 1 is 1.25 bits per heavy atom. The van der Waals surface area contributed by atoms with Gasteiger partial charge in [0.05, 0.1) is 23.7 Å². The molecule has 2 bridgehead atoms. The number of fused-ring (bicyclic) bond motifs is 3. The Morgan fingerprint density at radius 3 is 2.70 bits per heavy atom. The number of nitrogens with zero attached hydrogens (tertiary/aromatic N) is 2. The van der Waals surface area contributed by atoms with Crippen LogP contribution in [0.3, 0.4) is 0 Å². The molecule has 1 aliphatic heterocycles. The van der Waals surface area contributed by atoms with Gasteiger partial charge in [-0.25, -0.2) is 4.98 Å². The van der Waals surface area contributed by atoms with Gasteiger partial charge in [-0.3, -0.25) is 4.90 Å². The Hall–Kier alpha value is -1.39. The second-order valence-electron chi connectivity index (χ2n) is 6.19. The van der Waals surface area contributed by atoms with Crippen LogP contribution < -0.4 is 0 Å². The number of nitrogens with one attached hydrogen (secondary N) is 1. The number of likely N-dealkylation sites (tertiary alicyclic amines) is 1. The summed E-state index contributed by atoms with van der Waals surface area (Å²) in [5, 5.41) is 0. The molecule has 4 heteroatoms. The zero-order valence-corrected chi connectivity index (χ0v) is 11.9. The summed E-state index contributed by atoms with van der Waals surface area (Å²) in [7, 11) is 1.87. The monoisotopic (exact) mass is 271 g/mol. The predicted molar refractivity (Wildman–Crippen MR) is 78.4 cm³/mol. The van der Waals surface area contributed by atoms with E-state index in [9.17, 15) is 0 Å². The first-order valence-electron chi connectivity index (χ1n) is 7.52. The highest BCUT2D eigenvalue weighted by atomic mass is 16.5. The van der Waals surface area contributed by atoms with Crippen molar-refractivity contribution in [2.75, 3.05) is 20.2 Å². The second-order valence-corrected chi connectivity index (χ2v) is 6.19. The van der Waals surface area contributed by atoms with Crippen molar-refractivity contribution in [1.29, 1.82) is 0 Å². The lowest BCUT2D eigenvalue weighted by Gasteiger charge is -2.36. The van der Waals surface area contributed by atoms with Crippen LogP contribution >= 0.6 is 0 Å². The molecule has 3 atom stereocenters. The largest absolute Gasteiger partial charge is 0.381 e. The number of aromatic amines is 1. The van der Waals surface area contributed by atoms with Gasteiger partial charge in [0, 0.05) is 20.2 Å². The first kappa shape index (κ1) is 12.4. The molecule has 2 fully saturated rings. The average Bonchev–Trinajstić information content (AvgIpc) is 2.96. The molecular formula is C16H21N3O. The smallest absolute Gasteiger partial charge is 0.121 e. The van der Waals surface area contributed by atoms with Crippen molar-refractivity contribution in [2.24, 2.45) is 11.8 Å². The van der Waals surface area contributed by atoms with Crippen LogP contribution in [-0.4, -0.2) is 41.2 Å². The molecule has 20 heavy (non-hydrogen) atoms. The number of hydrogen-bond donors (Lipinski definition) is 1. The number of ether oxygens (including phenoxy) is 1. The first-order valence-corrected chi connectivity index (χ1v) is 7.52. The highest BCUT2D eigenvalue weighted by Gasteiger charge is 2.42. The number of methoxy groups -OCH3 is 1. The van der Waals surface area contributed by atoms with E-state index < -0.39 is 0 Å². The molecule has 4 nitrogen and oxygen atoms in total. The van der Waals surface area contributed by atoms with E-state index in [2.05, 4.69) is 33.1 Å². The molecule has 1 aromatic heterocycles. The third kappa shape index (κ3) is 2.03. The molecule has 0 amide bonds. The van der Waals surface area contributed by atoms with E-state index in [0.717, 1.165) is 36.5 Å². The normalized spacial score (nSPS) is 30.1. The van der Waals surface area contributed by atoms with Crippen molar-refractivity contribution in [2.45, 2.75) is 25.5 Å². The van der Waals surface area contributed by atoms with E-state index in [0.29, 0.717) is 17.9 Å². The number of H-pyrrole nitrogens is 1. The molecule has 1 N–H and O–H groups in total. The maximum absolute atomic E-state index is 5.67. The average molecular weight is 271 g/mol. The summed E-state index contributed by atoms with van der Waals surface area (Å²) in [6, 6.07) is 8.24. The van der Waals surface area contributed by atoms with Crippen LogP contribution in [0.15, 0.2) is 24.3 Å². The fraction of sp³-hybridized carbons (Fsp3) is 0.562. The Balaban J connectivity index is 1.50. The van der Waals surface area contributed by atoms with Crippen LogP contribution in [-0.2, 0) is 11.3 Å². The van der Waals surface area contributed by atoms with Crippen LogP contribution in [0.5, 0.6) is 0 Å². The number of aromatic nitrogens is 2. The zero-order valence-electron chi connectivity index (χ0n) is 11.9. The number of hydrogen-bond acceptors (Lipinski definition) is 3. The Kier molecular flexibility index (Phi) is 3.00. The number of piperidine rings is 1. The van der Waals surface area contributed by atoms with Gasteiger partial charge in [0.15, 0.2) is 0 Å². The summed E-state index contributed by atoms with van der Waals surface area (Å²) in [4.78, 5) is 10.7. The topological polar surface area (TPSA) is 41.1 Å². The lowest BCUT2D eigenvalue weighted by Crippen LogP contribution is -2.45. The van der Waals surface area contributed by atoms with Crippen molar-refractivity contribution in [3.8, 4) is 0 Å². The molecule has 0 spiro atoms. The third-order valence-electron chi connectivity index (χ3n) is 4.91. The highest BCUT2D eigenvalue weighted by Crippen LogP contribution is 2.38. The highest BCUT2D eigenvalue weighted by molar-refractivity contribution is 5.74. The van der Waals surface area contributed by atoms with E-state index in [1.807, 2.05) is 13.2 Å². The second kappa shape index (κ2) is 4.86. The van der Waals surface area contributed by atoms with Gasteiger partial charge in [0.25, 0.3) is 0 Å². The fourth-order valence-electron chi connectivity index (χ4n) is 4.08. The minimum absolute atomic E-state index is 0.488. The van der Waals surface area contributed by atoms with Gasteiger partial charge < -0.3 is 9.72 Å². The van der Waals surface area contributed by atoms with Crippen molar-refractivity contribution in [3.05, 3.63) is 30.1 Å². The van der Waals surface area contributed by atoms with Crippen LogP contribution in [0.1, 0.15) is 18.7 Å². The number of para-hydroxylation sites is 2. The summed E-state index contributed by atoms with van der Waals surface area (Å²) >= 11 is 0. The minimum atomic E-state index is 0.488. The van der Waals surface area contributed by atoms with Crippen molar-refractivity contribution in [1.82, 2.24) is 14.9 Å². The summed E-state index contributed by atoms with van der Waals surface area (Å²) < 4.78 is 5.67. The lowest BCUT2D eigenvalue weighted by molar-refractivity contribution is -0.0185. The summed E-state index contributed by atoms with van der Waals surface area (Å²) in [5.41, 5.74) is 2.20. The van der Waals surface area contributed by atoms with E-state index in [1.165, 1.54) is 12.8 Å². The number of benzene rings is 1. The molecule has 1 unspecified atom stereocenters. The summed E-state index contributed by atoms with van der Waals surface area (Å²) in [6.07, 6.45) is 3.13. The standard InChI is InChI=1S/C16H21N3O/c1-20-16-11-6-7-12(16)9-19(8-11)10-15-17-13-4-2-3-5-14(13)18-15/h2-5,11-12,16H,6-10H2,1H3,(H,17,18)/t11-,12+,16?. The summed E-state index contributed by atoms with van der Waals surface area (Å²) in [5.74, 6) is 2.51. The Morgan fingerprint density at radius 2 is 2.00 bits per heavy atom. The maximum Gasteiger partial charge on any atom is 0.121 e. The van der Waals surface area contributed by atoms with Gasteiger partial charge in [0.2, 0.25) is 0 Å². The third-order valence-corrected chi connectivity index (χ3v) is 4.91. The molecular weight excluding hydrogens is 250 g/mol. The SMILES string of the molecule is COC1[C@@H]2CC[C@H]1CN(Cc1nc3ccccc3[nH]1)C2. The number of imidazole rings is 1. The molecule has 0 radical (unpaired) electrons. The first-order chi connectivity index (χ1) is 9.83. The zero-order chi connectivity index (χ0) is 13.5. The minimum Gasteiger partial charge on any atom is -0.381 e. The molecule has 2 heterocycles. The van der Waals surface area contributed by atoms with Crippen molar-refractivity contribution in [3.63, 3.8) is 0 Å². The Bertz CT molecular complexity index is 562. The molecule has 4 rings (SSSR count). The quantitative estimate of drug-likeness (QED) is 0.932. The van der Waals surface area contributed by atoms with Crippen LogP contribution in [0.4, 0.5) is 0 Å². The van der Waals surface area contributed by atoms with Crippen molar-refractivity contribution >= 4 is 11.0 Å². The van der Waals surface area contributed by atoms with Gasteiger partial charge >= 0.3 is 0 Å². The van der Waals surface area contributed by atoms with Gasteiger partial charge in [-0.2, -0.15) is 0 Å². The van der Waals surface area contributed by atoms with E-state index in [-0.39, 0.29) is 0 Å². The van der Waals surface area contributed by atoms with E-state index in [4.69, 9.17) is 4.74 Å². The van der Waals surface area contributed by atoms with Crippen LogP contribution in [0.2, 0.25) is 0 Å². The van der Waals surface area contributed by atoms with E-state index in [1.54, 1.807) is 0 Å². The van der Waals surface area contributed by atoms with E-state index >= 15 is 0 Å².